The normalized spacial score (nSPS) is 12.6. The molecule has 0 bridgehead atoms. The number of fused-ring (bicyclic) bond motifs is 4. The number of aryl methyl sites for hydroxylation is 3. The van der Waals surface area contributed by atoms with Crippen molar-refractivity contribution in [3.8, 4) is 39.9 Å². The van der Waals surface area contributed by atoms with Crippen LogP contribution in [0.2, 0.25) is 0 Å². The van der Waals surface area contributed by atoms with Crippen LogP contribution in [0.4, 0.5) is 5.69 Å². The fraction of sp³-hybridized carbons (Fsp3) is 0.0682. The summed E-state index contributed by atoms with van der Waals surface area (Å²) in [7, 11) is 0. The van der Waals surface area contributed by atoms with E-state index in [0.29, 0.717) is 40.0 Å². The lowest BCUT2D eigenvalue weighted by molar-refractivity contribution is 0.0925. The SMILES string of the molecule is Cc1cc(C)c(N2C(=O)c3cccc(-n4c5ccccc5c5ccc(-c6nc(-c7ccccc7)nc(-c7ccccc7)n6)cc54)c3C2=O)c(C)c1. The van der Waals surface area contributed by atoms with E-state index in [2.05, 4.69) is 22.8 Å². The van der Waals surface area contributed by atoms with Gasteiger partial charge in [0.1, 0.15) is 0 Å². The molecule has 9 rings (SSSR count). The number of amides is 2. The van der Waals surface area contributed by atoms with Gasteiger partial charge in [0, 0.05) is 27.5 Å². The third kappa shape index (κ3) is 4.85. The van der Waals surface area contributed by atoms with Crippen LogP contribution in [0.1, 0.15) is 37.4 Å². The minimum absolute atomic E-state index is 0.319. The lowest BCUT2D eigenvalue weighted by Crippen LogP contribution is -2.31. The zero-order valence-electron chi connectivity index (χ0n) is 28.3. The van der Waals surface area contributed by atoms with Gasteiger partial charge in [0.25, 0.3) is 11.8 Å². The number of hydrogen-bond acceptors (Lipinski definition) is 5. The number of aromatic nitrogens is 4. The lowest BCUT2D eigenvalue weighted by atomic mass is 10.0. The van der Waals surface area contributed by atoms with Gasteiger partial charge in [-0.3, -0.25) is 9.59 Å². The van der Waals surface area contributed by atoms with Crippen molar-refractivity contribution in [3.63, 3.8) is 0 Å². The highest BCUT2D eigenvalue weighted by Crippen LogP contribution is 2.40. The molecule has 8 aromatic rings. The molecule has 0 unspecified atom stereocenters. The Kier molecular flexibility index (Phi) is 6.96. The zero-order valence-corrected chi connectivity index (χ0v) is 28.3. The largest absolute Gasteiger partial charge is 0.308 e. The van der Waals surface area contributed by atoms with Crippen LogP contribution in [0.25, 0.3) is 61.7 Å². The molecule has 1 aliphatic rings. The van der Waals surface area contributed by atoms with Gasteiger partial charge in [-0.15, -0.1) is 0 Å². The van der Waals surface area contributed by atoms with Crippen molar-refractivity contribution in [2.24, 2.45) is 0 Å². The molecule has 3 heterocycles. The Hall–Kier alpha value is -6.73. The Balaban J connectivity index is 1.26. The number of imide groups is 1. The molecule has 0 N–H and O–H groups in total. The van der Waals surface area contributed by atoms with Gasteiger partial charge in [-0.2, -0.15) is 0 Å². The molecule has 0 atom stereocenters. The fourth-order valence-corrected chi connectivity index (χ4v) is 7.49. The van der Waals surface area contributed by atoms with Gasteiger partial charge in [-0.05, 0) is 56.2 Å². The number of carbonyl (C=O) groups is 2. The Morgan fingerprint density at radius 2 is 1.06 bits per heavy atom. The maximum Gasteiger partial charge on any atom is 0.268 e. The number of benzene rings is 6. The number of para-hydroxylation sites is 1. The maximum absolute atomic E-state index is 14.5. The number of rotatable bonds is 5. The quantitative estimate of drug-likeness (QED) is 0.172. The van der Waals surface area contributed by atoms with Gasteiger partial charge >= 0.3 is 0 Å². The second kappa shape index (κ2) is 11.7. The van der Waals surface area contributed by atoms with E-state index < -0.39 is 0 Å². The summed E-state index contributed by atoms with van der Waals surface area (Å²) in [5.74, 6) is 1.03. The first kappa shape index (κ1) is 30.3. The van der Waals surface area contributed by atoms with Crippen molar-refractivity contribution in [1.29, 1.82) is 0 Å². The summed E-state index contributed by atoms with van der Waals surface area (Å²) in [6.07, 6.45) is 0. The minimum Gasteiger partial charge on any atom is -0.308 e. The summed E-state index contributed by atoms with van der Waals surface area (Å²) >= 11 is 0. The highest BCUT2D eigenvalue weighted by atomic mass is 16.2. The predicted octanol–water partition coefficient (Wildman–Crippen LogP) is 9.70. The first-order valence-corrected chi connectivity index (χ1v) is 16.9. The van der Waals surface area contributed by atoms with Crippen molar-refractivity contribution in [3.05, 3.63) is 161 Å². The number of nitrogens with zero attached hydrogens (tertiary/aromatic N) is 5. The van der Waals surface area contributed by atoms with Crippen LogP contribution in [-0.2, 0) is 0 Å². The van der Waals surface area contributed by atoms with E-state index in [4.69, 9.17) is 15.0 Å². The molecule has 0 saturated heterocycles. The lowest BCUT2D eigenvalue weighted by Gasteiger charge is -2.20. The molecule has 244 valence electrons. The molecule has 0 aliphatic carbocycles. The summed E-state index contributed by atoms with van der Waals surface area (Å²) in [6, 6.07) is 43.7. The molecule has 0 fully saturated rings. The van der Waals surface area contributed by atoms with Crippen molar-refractivity contribution < 1.29 is 9.59 Å². The predicted molar refractivity (Wildman–Crippen MR) is 202 cm³/mol. The molecule has 51 heavy (non-hydrogen) atoms. The van der Waals surface area contributed by atoms with Gasteiger partial charge in [0.15, 0.2) is 17.5 Å². The Morgan fingerprint density at radius 1 is 0.490 bits per heavy atom. The second-order valence-electron chi connectivity index (χ2n) is 13.0. The number of hydrogen-bond donors (Lipinski definition) is 0. The highest BCUT2D eigenvalue weighted by molar-refractivity contribution is 6.36. The molecule has 6 aromatic carbocycles. The van der Waals surface area contributed by atoms with Crippen LogP contribution in [0, 0.1) is 20.8 Å². The smallest absolute Gasteiger partial charge is 0.268 e. The van der Waals surface area contributed by atoms with Crippen molar-refractivity contribution in [2.45, 2.75) is 20.8 Å². The first-order valence-electron chi connectivity index (χ1n) is 16.9. The topological polar surface area (TPSA) is 81.0 Å². The average Bonchev–Trinajstić information content (AvgIpc) is 3.62. The van der Waals surface area contributed by atoms with Crippen LogP contribution in [-0.4, -0.2) is 31.3 Å². The van der Waals surface area contributed by atoms with Crippen LogP contribution in [0.3, 0.4) is 0 Å². The molecule has 1 aliphatic heterocycles. The molecule has 0 radical (unpaired) electrons. The molecular formula is C44H31N5O2. The fourth-order valence-electron chi connectivity index (χ4n) is 7.49. The van der Waals surface area contributed by atoms with E-state index in [0.717, 1.165) is 55.2 Å². The third-order valence-corrected chi connectivity index (χ3v) is 9.62. The standard InChI is InChI=1S/C44H31N5O2/c1-26-23-27(2)39(28(3)24-26)49-43(50)34-18-12-20-36(38(34)44(49)51)48-35-19-11-10-17-32(35)33-22-21-31(25-37(33)48)42-46-40(29-13-6-4-7-14-29)45-41(47-42)30-15-8-5-9-16-30/h4-25H,1-3H3. The molecule has 0 spiro atoms. The summed E-state index contributed by atoms with van der Waals surface area (Å²) in [4.78, 5) is 44.7. The number of anilines is 1. The third-order valence-electron chi connectivity index (χ3n) is 9.62. The molecule has 2 aromatic heterocycles. The van der Waals surface area contributed by atoms with Gasteiger partial charge in [0.2, 0.25) is 0 Å². The summed E-state index contributed by atoms with van der Waals surface area (Å²) in [5.41, 5.74) is 9.26. The molecule has 0 saturated carbocycles. The Morgan fingerprint density at radius 3 is 1.71 bits per heavy atom. The van der Waals surface area contributed by atoms with Crippen molar-refractivity contribution in [2.75, 3.05) is 4.90 Å². The van der Waals surface area contributed by atoms with E-state index in [-0.39, 0.29) is 11.8 Å². The monoisotopic (exact) mass is 661 g/mol. The van der Waals surface area contributed by atoms with E-state index >= 15 is 0 Å². The zero-order chi connectivity index (χ0) is 34.8. The molecule has 2 amide bonds. The summed E-state index contributed by atoms with van der Waals surface area (Å²) in [5, 5.41) is 2.03. The summed E-state index contributed by atoms with van der Waals surface area (Å²) < 4.78 is 2.09. The number of carbonyl (C=O) groups excluding carboxylic acids is 2. The average molecular weight is 662 g/mol. The maximum atomic E-state index is 14.5. The van der Waals surface area contributed by atoms with E-state index in [1.54, 1.807) is 6.07 Å². The van der Waals surface area contributed by atoms with Gasteiger partial charge in [-0.25, -0.2) is 19.9 Å². The van der Waals surface area contributed by atoms with Crippen LogP contribution in [0.5, 0.6) is 0 Å². The molecule has 7 heteroatoms. The van der Waals surface area contributed by atoms with Crippen LogP contribution >= 0.6 is 0 Å². The van der Waals surface area contributed by atoms with E-state index in [1.807, 2.05) is 130 Å². The Bertz CT molecular complexity index is 2630. The second-order valence-corrected chi connectivity index (χ2v) is 13.0. The molecular weight excluding hydrogens is 631 g/mol. The minimum atomic E-state index is -0.333. The van der Waals surface area contributed by atoms with Gasteiger partial charge in [0.05, 0.1) is 33.5 Å². The van der Waals surface area contributed by atoms with Crippen molar-refractivity contribution in [1.82, 2.24) is 19.5 Å². The summed E-state index contributed by atoms with van der Waals surface area (Å²) in [6.45, 7) is 5.91. The van der Waals surface area contributed by atoms with Gasteiger partial charge in [-0.1, -0.05) is 115 Å². The van der Waals surface area contributed by atoms with E-state index in [9.17, 15) is 9.59 Å². The van der Waals surface area contributed by atoms with Crippen molar-refractivity contribution >= 4 is 39.3 Å². The molecule has 7 nitrogen and oxygen atoms in total. The first-order chi connectivity index (χ1) is 24.9. The van der Waals surface area contributed by atoms with Gasteiger partial charge < -0.3 is 4.57 Å². The Labute approximate surface area is 294 Å². The van der Waals surface area contributed by atoms with E-state index in [1.165, 1.54) is 4.90 Å². The highest BCUT2D eigenvalue weighted by Gasteiger charge is 2.40. The van der Waals surface area contributed by atoms with Crippen LogP contribution in [0.15, 0.2) is 133 Å². The van der Waals surface area contributed by atoms with Crippen LogP contribution < -0.4 is 4.90 Å².